The summed E-state index contributed by atoms with van der Waals surface area (Å²) in [4.78, 5) is 14.3. The number of urea groups is 1. The number of hydrogen-bond acceptors (Lipinski definition) is 5. The van der Waals surface area contributed by atoms with Crippen molar-refractivity contribution >= 4 is 16.1 Å². The molecule has 0 saturated carbocycles. The summed E-state index contributed by atoms with van der Waals surface area (Å²) in [5, 5.41) is 2.90. The molecule has 0 bridgehead atoms. The number of likely N-dealkylation sites (N-methyl/N-ethyl adjacent to an activating group) is 1. The summed E-state index contributed by atoms with van der Waals surface area (Å²) in [5.74, 6) is 1.32. The van der Waals surface area contributed by atoms with E-state index in [0.29, 0.717) is 43.3 Å². The zero-order valence-electron chi connectivity index (χ0n) is 17.1. The van der Waals surface area contributed by atoms with Crippen LogP contribution in [0.2, 0.25) is 0 Å². The van der Waals surface area contributed by atoms with Gasteiger partial charge in [0.2, 0.25) is 10.0 Å². The van der Waals surface area contributed by atoms with Gasteiger partial charge in [0, 0.05) is 13.1 Å². The molecule has 2 amide bonds. The zero-order valence-corrected chi connectivity index (χ0v) is 17.9. The van der Waals surface area contributed by atoms with Crippen molar-refractivity contribution in [3.8, 4) is 11.5 Å². The molecule has 2 aromatic carbocycles. The van der Waals surface area contributed by atoms with E-state index in [1.54, 1.807) is 17.0 Å². The summed E-state index contributed by atoms with van der Waals surface area (Å²) < 4.78 is 37.2. The van der Waals surface area contributed by atoms with Gasteiger partial charge in [-0.1, -0.05) is 36.4 Å². The average molecular weight is 434 g/mol. The number of nitrogens with zero attached hydrogens (tertiary/aromatic N) is 1. The molecule has 0 radical (unpaired) electrons. The summed E-state index contributed by atoms with van der Waals surface area (Å²) in [6.45, 7) is 3.59. The number of fused-ring (bicyclic) bond motifs is 1. The van der Waals surface area contributed by atoms with Crippen molar-refractivity contribution in [1.82, 2.24) is 14.9 Å². The normalized spacial score (nSPS) is 15.5. The smallest absolute Gasteiger partial charge is 0.317 e. The van der Waals surface area contributed by atoms with Crippen LogP contribution in [0.3, 0.4) is 0 Å². The van der Waals surface area contributed by atoms with Crippen molar-refractivity contribution in [2.45, 2.75) is 25.3 Å². The Balaban J connectivity index is 1.51. The van der Waals surface area contributed by atoms with Crippen molar-refractivity contribution in [3.63, 3.8) is 0 Å². The maximum Gasteiger partial charge on any atom is 0.317 e. The van der Waals surface area contributed by atoms with Crippen LogP contribution in [0.15, 0.2) is 48.5 Å². The Morgan fingerprint density at radius 3 is 2.43 bits per heavy atom. The first kappa shape index (κ1) is 21.9. The van der Waals surface area contributed by atoms with Crippen LogP contribution < -0.4 is 19.5 Å². The van der Waals surface area contributed by atoms with E-state index >= 15 is 0 Å². The first-order valence-corrected chi connectivity index (χ1v) is 11.5. The highest BCUT2D eigenvalue weighted by atomic mass is 32.2. The van der Waals surface area contributed by atoms with Gasteiger partial charge in [-0.2, -0.15) is 0 Å². The van der Waals surface area contributed by atoms with Gasteiger partial charge in [-0.25, -0.2) is 17.9 Å². The van der Waals surface area contributed by atoms with Gasteiger partial charge in [-0.15, -0.1) is 0 Å². The summed E-state index contributed by atoms with van der Waals surface area (Å²) in [6, 6.07) is 14.4. The van der Waals surface area contributed by atoms with E-state index in [2.05, 4.69) is 10.0 Å². The fraction of sp³-hybridized carbons (Fsp3) is 0.381. The molecular weight excluding hydrogens is 406 g/mol. The molecule has 2 aromatic rings. The minimum Gasteiger partial charge on any atom is -0.486 e. The third kappa shape index (κ3) is 5.87. The predicted molar refractivity (Wildman–Crippen MR) is 114 cm³/mol. The van der Waals surface area contributed by atoms with E-state index in [4.69, 9.17) is 9.47 Å². The molecule has 0 aromatic heterocycles. The monoisotopic (exact) mass is 433 g/mol. The van der Waals surface area contributed by atoms with Gasteiger partial charge >= 0.3 is 6.03 Å². The number of sulfonamides is 1. The van der Waals surface area contributed by atoms with Gasteiger partial charge in [0.15, 0.2) is 17.6 Å². The molecule has 1 atom stereocenters. The summed E-state index contributed by atoms with van der Waals surface area (Å²) in [6.07, 6.45) is -0.237. The number of amides is 2. The van der Waals surface area contributed by atoms with Crippen molar-refractivity contribution in [1.29, 1.82) is 0 Å². The largest absolute Gasteiger partial charge is 0.486 e. The fourth-order valence-electron chi connectivity index (χ4n) is 3.09. The maximum absolute atomic E-state index is 12.6. The summed E-state index contributed by atoms with van der Waals surface area (Å²) >= 11 is 0. The Morgan fingerprint density at radius 2 is 1.77 bits per heavy atom. The minimum absolute atomic E-state index is 0.0770. The molecule has 0 saturated heterocycles. The molecule has 1 aliphatic heterocycles. The van der Waals surface area contributed by atoms with Crippen LogP contribution in [0.4, 0.5) is 4.79 Å². The maximum atomic E-state index is 12.6. The van der Waals surface area contributed by atoms with Crippen molar-refractivity contribution in [3.05, 3.63) is 59.7 Å². The lowest BCUT2D eigenvalue weighted by Crippen LogP contribution is -2.47. The highest BCUT2D eigenvalue weighted by Crippen LogP contribution is 2.31. The summed E-state index contributed by atoms with van der Waals surface area (Å²) in [5.41, 5.74) is 1.57. The third-order valence-corrected chi connectivity index (χ3v) is 6.13. The van der Waals surface area contributed by atoms with Gasteiger partial charge in [0.05, 0.1) is 12.3 Å². The lowest BCUT2D eigenvalue weighted by molar-refractivity contribution is 0.0675. The molecule has 0 unspecified atom stereocenters. The molecule has 2 N–H and O–H groups in total. The molecule has 1 heterocycles. The van der Waals surface area contributed by atoms with Crippen LogP contribution in [-0.2, 0) is 22.3 Å². The van der Waals surface area contributed by atoms with E-state index in [1.807, 2.05) is 43.3 Å². The second kappa shape index (κ2) is 9.82. The third-order valence-electron chi connectivity index (χ3n) is 4.79. The number of ether oxygens (including phenoxy) is 2. The van der Waals surface area contributed by atoms with Gasteiger partial charge < -0.3 is 19.7 Å². The zero-order chi connectivity index (χ0) is 21.6. The van der Waals surface area contributed by atoms with E-state index < -0.39 is 10.0 Å². The van der Waals surface area contributed by atoms with Gasteiger partial charge in [0.25, 0.3) is 0 Å². The number of hydrogen-bond donors (Lipinski definition) is 2. The van der Waals surface area contributed by atoms with Crippen LogP contribution in [0.1, 0.15) is 18.1 Å². The predicted octanol–water partition coefficient (Wildman–Crippen LogP) is 2.11. The van der Waals surface area contributed by atoms with Crippen molar-refractivity contribution < 1.29 is 22.7 Å². The highest BCUT2D eigenvalue weighted by molar-refractivity contribution is 7.88. The standard InChI is InChI=1S/C21H27N3O5S/c1-3-24(13-18-14-28-19-6-4-5-7-20(19)29-18)21(25)23-12-16-8-10-17(11-9-16)15-30(26,27)22-2/h4-11,18,22H,3,12-15H2,1-2H3,(H,23,25)/t18-/m0/s1. The Labute approximate surface area is 177 Å². The Kier molecular flexibility index (Phi) is 7.17. The van der Waals surface area contributed by atoms with Crippen LogP contribution in [0, 0.1) is 0 Å². The number of carbonyl (C=O) groups excluding carboxylic acids is 1. The van der Waals surface area contributed by atoms with E-state index in [9.17, 15) is 13.2 Å². The van der Waals surface area contributed by atoms with Crippen LogP contribution in [-0.4, -0.2) is 52.2 Å². The molecule has 3 rings (SSSR count). The minimum atomic E-state index is -3.31. The van der Waals surface area contributed by atoms with Gasteiger partial charge in [-0.3, -0.25) is 0 Å². The average Bonchev–Trinajstić information content (AvgIpc) is 2.76. The molecule has 8 nitrogen and oxygen atoms in total. The first-order valence-electron chi connectivity index (χ1n) is 9.80. The van der Waals surface area contributed by atoms with Crippen LogP contribution in [0.25, 0.3) is 0 Å². The van der Waals surface area contributed by atoms with Crippen LogP contribution in [0.5, 0.6) is 11.5 Å². The SMILES string of the molecule is CCN(C[C@H]1COc2ccccc2O1)C(=O)NCc1ccc(CS(=O)(=O)NC)cc1. The fourth-order valence-corrected chi connectivity index (χ4v) is 3.86. The Hall–Kier alpha value is -2.78. The number of nitrogens with one attached hydrogen (secondary N) is 2. The van der Waals surface area contributed by atoms with Gasteiger partial charge in [-0.05, 0) is 37.2 Å². The Morgan fingerprint density at radius 1 is 1.10 bits per heavy atom. The number of carbonyl (C=O) groups is 1. The van der Waals surface area contributed by atoms with E-state index in [-0.39, 0.29) is 17.9 Å². The molecule has 0 aliphatic carbocycles. The number of benzene rings is 2. The lowest BCUT2D eigenvalue weighted by Gasteiger charge is -2.31. The number of para-hydroxylation sites is 2. The Bertz CT molecular complexity index is 963. The quantitative estimate of drug-likeness (QED) is 0.665. The molecule has 9 heteroatoms. The number of rotatable bonds is 8. The van der Waals surface area contributed by atoms with E-state index in [1.165, 1.54) is 7.05 Å². The second-order valence-electron chi connectivity index (χ2n) is 6.97. The molecule has 0 spiro atoms. The van der Waals surface area contributed by atoms with Gasteiger partial charge in [0.1, 0.15) is 6.61 Å². The van der Waals surface area contributed by atoms with Crippen molar-refractivity contribution in [2.75, 3.05) is 26.7 Å². The summed E-state index contributed by atoms with van der Waals surface area (Å²) in [7, 11) is -1.92. The lowest BCUT2D eigenvalue weighted by atomic mass is 10.1. The molecule has 30 heavy (non-hydrogen) atoms. The van der Waals surface area contributed by atoms with Crippen molar-refractivity contribution in [2.24, 2.45) is 0 Å². The van der Waals surface area contributed by atoms with E-state index in [0.717, 1.165) is 5.56 Å². The molecule has 162 valence electrons. The highest BCUT2D eigenvalue weighted by Gasteiger charge is 2.24. The molecule has 0 fully saturated rings. The topological polar surface area (TPSA) is 97.0 Å². The van der Waals surface area contributed by atoms with Crippen LogP contribution >= 0.6 is 0 Å². The first-order chi connectivity index (χ1) is 14.4. The molecular formula is C21H27N3O5S. The molecule has 1 aliphatic rings. The second-order valence-corrected chi connectivity index (χ2v) is 8.90.